The van der Waals surface area contributed by atoms with Crippen LogP contribution in [0.25, 0.3) is 0 Å². The zero-order chi connectivity index (χ0) is 6.97. The number of Topliss-reactive ketones (excluding diaryl/α,β-unsaturated/α-hetero) is 1. The molecule has 0 aliphatic carbocycles. The molecule has 0 radical (unpaired) electrons. The van der Waals surface area contributed by atoms with Crippen molar-refractivity contribution in [1.82, 2.24) is 9.97 Å². The first-order valence-electron chi connectivity index (χ1n) is 2.95. The van der Waals surface area contributed by atoms with Gasteiger partial charge in [0.15, 0.2) is 0 Å². The monoisotopic (exact) mass is 135 g/mol. The van der Waals surface area contributed by atoms with Gasteiger partial charge < -0.3 is 5.32 Å². The molecule has 0 atom stereocenters. The number of anilines is 1. The molecule has 1 aliphatic heterocycles. The molecule has 1 N–H and O–H groups in total. The molecule has 0 fully saturated rings. The van der Waals surface area contributed by atoms with E-state index in [1.165, 1.54) is 6.33 Å². The number of fused-ring (bicyclic) bond motifs is 1. The van der Waals surface area contributed by atoms with Crippen LogP contribution in [0.3, 0.4) is 0 Å². The molecule has 0 aromatic carbocycles. The smallest absolute Gasteiger partial charge is 0.202 e. The Hall–Kier alpha value is -1.45. The van der Waals surface area contributed by atoms with Gasteiger partial charge in [0, 0.05) is 0 Å². The normalized spacial score (nSPS) is 14.6. The molecule has 1 aromatic rings. The van der Waals surface area contributed by atoms with Crippen LogP contribution in [0.15, 0.2) is 12.5 Å². The minimum absolute atomic E-state index is 0.0393. The first-order chi connectivity index (χ1) is 4.88. The van der Waals surface area contributed by atoms with Gasteiger partial charge in [0.25, 0.3) is 0 Å². The van der Waals surface area contributed by atoms with Crippen molar-refractivity contribution in [3.8, 4) is 0 Å². The molecule has 4 heteroatoms. The summed E-state index contributed by atoms with van der Waals surface area (Å²) in [6.07, 6.45) is 2.98. The molecule has 4 nitrogen and oxygen atoms in total. The van der Waals surface area contributed by atoms with Crippen LogP contribution in [0.2, 0.25) is 0 Å². The molecule has 10 heavy (non-hydrogen) atoms. The van der Waals surface area contributed by atoms with E-state index in [9.17, 15) is 4.79 Å². The second kappa shape index (κ2) is 1.76. The van der Waals surface area contributed by atoms with E-state index in [0.29, 0.717) is 12.2 Å². The Morgan fingerprint density at radius 1 is 1.60 bits per heavy atom. The van der Waals surface area contributed by atoms with E-state index in [0.717, 1.165) is 5.69 Å². The van der Waals surface area contributed by atoms with Crippen LogP contribution in [0.1, 0.15) is 10.5 Å². The molecule has 2 rings (SSSR count). The first kappa shape index (κ1) is 5.34. The van der Waals surface area contributed by atoms with Crippen molar-refractivity contribution in [3.63, 3.8) is 0 Å². The lowest BCUT2D eigenvalue weighted by atomic mass is 10.3. The Bertz CT molecular complexity index is 284. The summed E-state index contributed by atoms with van der Waals surface area (Å²) in [4.78, 5) is 18.5. The highest BCUT2D eigenvalue weighted by Crippen LogP contribution is 2.16. The van der Waals surface area contributed by atoms with E-state index < -0.39 is 0 Å². The van der Waals surface area contributed by atoms with Crippen molar-refractivity contribution in [2.24, 2.45) is 0 Å². The third kappa shape index (κ3) is 0.586. The maximum atomic E-state index is 10.9. The summed E-state index contributed by atoms with van der Waals surface area (Å²) < 4.78 is 0. The molecular formula is C6H5N3O. The maximum absolute atomic E-state index is 10.9. The summed E-state index contributed by atoms with van der Waals surface area (Å²) in [6, 6.07) is 0. The summed E-state index contributed by atoms with van der Waals surface area (Å²) >= 11 is 0. The number of carbonyl (C=O) groups excluding carboxylic acids is 1. The van der Waals surface area contributed by atoms with Gasteiger partial charge in [-0.15, -0.1) is 0 Å². The largest absolute Gasteiger partial charge is 0.374 e. The van der Waals surface area contributed by atoms with E-state index in [1.807, 2.05) is 0 Å². The highest BCUT2D eigenvalue weighted by atomic mass is 16.1. The Kier molecular flexibility index (Phi) is 0.943. The standard InChI is InChI=1S/C6H5N3O/c10-5-2-8-4-1-7-3-9-6(4)5/h1,3,8H,2H2. The third-order valence-corrected chi connectivity index (χ3v) is 1.42. The minimum Gasteiger partial charge on any atom is -0.374 e. The molecule has 0 spiro atoms. The van der Waals surface area contributed by atoms with Crippen LogP contribution in [0, 0.1) is 0 Å². The summed E-state index contributed by atoms with van der Waals surface area (Å²) in [6.45, 7) is 0.355. The van der Waals surface area contributed by atoms with Gasteiger partial charge in [-0.1, -0.05) is 0 Å². The highest BCUT2D eigenvalue weighted by Gasteiger charge is 2.19. The zero-order valence-corrected chi connectivity index (χ0v) is 5.16. The van der Waals surface area contributed by atoms with Gasteiger partial charge in [-0.25, -0.2) is 9.97 Å². The van der Waals surface area contributed by atoms with Crippen molar-refractivity contribution in [1.29, 1.82) is 0 Å². The van der Waals surface area contributed by atoms with Gasteiger partial charge in [0.05, 0.1) is 18.4 Å². The Morgan fingerprint density at radius 3 is 3.30 bits per heavy atom. The number of carbonyl (C=O) groups is 1. The van der Waals surface area contributed by atoms with E-state index in [1.54, 1.807) is 6.20 Å². The fraction of sp³-hybridized carbons (Fsp3) is 0.167. The lowest BCUT2D eigenvalue weighted by Gasteiger charge is -1.91. The van der Waals surface area contributed by atoms with Gasteiger partial charge in [0.2, 0.25) is 5.78 Å². The Labute approximate surface area is 57.3 Å². The van der Waals surface area contributed by atoms with Gasteiger partial charge in [-0.2, -0.15) is 0 Å². The number of nitrogens with zero attached hydrogens (tertiary/aromatic N) is 2. The molecule has 0 saturated carbocycles. The topological polar surface area (TPSA) is 54.9 Å². The van der Waals surface area contributed by atoms with Crippen LogP contribution in [-0.4, -0.2) is 22.3 Å². The lowest BCUT2D eigenvalue weighted by Crippen LogP contribution is -2.01. The molecular weight excluding hydrogens is 130 g/mol. The molecule has 1 aromatic heterocycles. The number of nitrogens with one attached hydrogen (secondary N) is 1. The SMILES string of the molecule is O=C1CNc2cncnc21. The van der Waals surface area contributed by atoms with E-state index in [4.69, 9.17) is 0 Å². The van der Waals surface area contributed by atoms with Gasteiger partial charge in [-0.05, 0) is 0 Å². The van der Waals surface area contributed by atoms with Crippen molar-refractivity contribution < 1.29 is 4.79 Å². The fourth-order valence-electron chi connectivity index (χ4n) is 0.940. The van der Waals surface area contributed by atoms with Gasteiger partial charge in [0.1, 0.15) is 12.0 Å². The highest BCUT2D eigenvalue weighted by molar-refractivity contribution is 6.05. The third-order valence-electron chi connectivity index (χ3n) is 1.42. The van der Waals surface area contributed by atoms with Crippen molar-refractivity contribution >= 4 is 11.5 Å². The Morgan fingerprint density at radius 2 is 2.50 bits per heavy atom. The van der Waals surface area contributed by atoms with Crippen molar-refractivity contribution in [2.75, 3.05) is 11.9 Å². The summed E-state index contributed by atoms with van der Waals surface area (Å²) in [5.41, 5.74) is 1.25. The average Bonchev–Trinajstić information content (AvgIpc) is 2.34. The van der Waals surface area contributed by atoms with Gasteiger partial charge in [-0.3, -0.25) is 4.79 Å². The van der Waals surface area contributed by atoms with Crippen LogP contribution in [0.4, 0.5) is 5.69 Å². The van der Waals surface area contributed by atoms with Gasteiger partial charge >= 0.3 is 0 Å². The molecule has 0 amide bonds. The maximum Gasteiger partial charge on any atom is 0.202 e. The zero-order valence-electron chi connectivity index (χ0n) is 5.16. The summed E-state index contributed by atoms with van der Waals surface area (Å²) in [5, 5.41) is 2.88. The van der Waals surface area contributed by atoms with Crippen LogP contribution in [-0.2, 0) is 0 Å². The number of aromatic nitrogens is 2. The average molecular weight is 135 g/mol. The molecule has 50 valence electrons. The summed E-state index contributed by atoms with van der Waals surface area (Å²) in [7, 11) is 0. The fourth-order valence-corrected chi connectivity index (χ4v) is 0.940. The predicted molar refractivity (Wildman–Crippen MR) is 34.9 cm³/mol. The van der Waals surface area contributed by atoms with E-state index in [2.05, 4.69) is 15.3 Å². The quantitative estimate of drug-likeness (QED) is 0.547. The Balaban J connectivity index is 2.61. The molecule has 1 aliphatic rings. The van der Waals surface area contributed by atoms with Crippen LogP contribution in [0.5, 0.6) is 0 Å². The molecule has 0 saturated heterocycles. The van der Waals surface area contributed by atoms with Crippen molar-refractivity contribution in [3.05, 3.63) is 18.2 Å². The first-order valence-corrected chi connectivity index (χ1v) is 2.95. The predicted octanol–water partition coefficient (Wildman–Crippen LogP) is 0.0848. The van der Waals surface area contributed by atoms with E-state index >= 15 is 0 Å². The second-order valence-electron chi connectivity index (χ2n) is 2.06. The number of ketones is 1. The number of hydrogen-bond acceptors (Lipinski definition) is 4. The number of hydrogen-bond donors (Lipinski definition) is 1. The minimum atomic E-state index is 0.0393. The second-order valence-corrected chi connectivity index (χ2v) is 2.06. The van der Waals surface area contributed by atoms with Crippen LogP contribution < -0.4 is 5.32 Å². The lowest BCUT2D eigenvalue weighted by molar-refractivity contribution is 0.101. The van der Waals surface area contributed by atoms with Crippen LogP contribution >= 0.6 is 0 Å². The van der Waals surface area contributed by atoms with E-state index in [-0.39, 0.29) is 5.78 Å². The molecule has 0 bridgehead atoms. The molecule has 0 unspecified atom stereocenters. The molecule has 2 heterocycles. The number of rotatable bonds is 0. The summed E-state index contributed by atoms with van der Waals surface area (Å²) in [5.74, 6) is 0.0393. The van der Waals surface area contributed by atoms with Crippen molar-refractivity contribution in [2.45, 2.75) is 0 Å².